The van der Waals surface area contributed by atoms with Crippen molar-refractivity contribution in [1.82, 2.24) is 9.97 Å². The Labute approximate surface area is 172 Å². The smallest absolute Gasteiger partial charge is 0.234 e. The lowest BCUT2D eigenvalue weighted by Gasteiger charge is -2.10. The third-order valence-electron chi connectivity index (χ3n) is 4.30. The van der Waals surface area contributed by atoms with Crippen molar-refractivity contribution in [2.75, 3.05) is 11.1 Å². The maximum absolute atomic E-state index is 13.3. The Morgan fingerprint density at radius 2 is 1.83 bits per heavy atom. The maximum Gasteiger partial charge on any atom is 0.234 e. The molecule has 0 unspecified atom stereocenters. The zero-order chi connectivity index (χ0) is 20.2. The number of carbonyl (C=O) groups excluding carboxylic acids is 1. The number of fused-ring (bicyclic) bond motifs is 1. The number of anilines is 1. The standard InChI is InChI=1S/C23H18FN3OS/c1-15-10-11-20-19(12-15)23(27-22(26-20)16-6-3-2-4-7-16)29-14-21(28)25-18-9-5-8-17(24)13-18/h2-13H,14H2,1H3,(H,25,28). The molecule has 0 bridgehead atoms. The fourth-order valence-electron chi connectivity index (χ4n) is 2.94. The van der Waals surface area contributed by atoms with Gasteiger partial charge in [0.2, 0.25) is 5.91 Å². The Bertz CT molecular complexity index is 1180. The first-order chi connectivity index (χ1) is 14.1. The Morgan fingerprint density at radius 1 is 1.00 bits per heavy atom. The van der Waals surface area contributed by atoms with Crippen LogP contribution in [0.1, 0.15) is 5.56 Å². The summed E-state index contributed by atoms with van der Waals surface area (Å²) in [5, 5.41) is 4.37. The minimum Gasteiger partial charge on any atom is -0.325 e. The number of thioether (sulfide) groups is 1. The number of benzene rings is 3. The topological polar surface area (TPSA) is 54.9 Å². The zero-order valence-corrected chi connectivity index (χ0v) is 16.5. The van der Waals surface area contributed by atoms with E-state index >= 15 is 0 Å². The van der Waals surface area contributed by atoms with E-state index in [-0.39, 0.29) is 17.5 Å². The van der Waals surface area contributed by atoms with Gasteiger partial charge in [0.05, 0.1) is 11.3 Å². The van der Waals surface area contributed by atoms with E-state index in [1.54, 1.807) is 12.1 Å². The number of amides is 1. The van der Waals surface area contributed by atoms with E-state index in [0.29, 0.717) is 11.5 Å². The molecular formula is C23H18FN3OS. The zero-order valence-electron chi connectivity index (χ0n) is 15.7. The lowest BCUT2D eigenvalue weighted by atomic mass is 10.1. The Balaban J connectivity index is 1.61. The summed E-state index contributed by atoms with van der Waals surface area (Å²) < 4.78 is 13.3. The highest BCUT2D eigenvalue weighted by atomic mass is 32.2. The minimum atomic E-state index is -0.389. The molecule has 1 N–H and O–H groups in total. The largest absolute Gasteiger partial charge is 0.325 e. The van der Waals surface area contributed by atoms with Crippen LogP contribution in [0.25, 0.3) is 22.3 Å². The molecule has 0 fully saturated rings. The van der Waals surface area contributed by atoms with Gasteiger partial charge in [-0.05, 0) is 37.3 Å². The molecule has 0 atom stereocenters. The molecular weight excluding hydrogens is 385 g/mol. The van der Waals surface area contributed by atoms with Crippen molar-refractivity contribution in [2.45, 2.75) is 11.9 Å². The van der Waals surface area contributed by atoms with E-state index in [1.165, 1.54) is 23.9 Å². The molecule has 4 aromatic rings. The molecule has 4 nitrogen and oxygen atoms in total. The Hall–Kier alpha value is -3.25. The van der Waals surface area contributed by atoms with Gasteiger partial charge in [0, 0.05) is 16.6 Å². The van der Waals surface area contributed by atoms with Gasteiger partial charge in [-0.15, -0.1) is 0 Å². The third kappa shape index (κ3) is 4.60. The number of rotatable bonds is 5. The van der Waals surface area contributed by atoms with Crippen LogP contribution < -0.4 is 5.32 Å². The molecule has 1 amide bonds. The summed E-state index contributed by atoms with van der Waals surface area (Å²) in [5.74, 6) is 0.168. The summed E-state index contributed by atoms with van der Waals surface area (Å²) in [7, 11) is 0. The van der Waals surface area contributed by atoms with Crippen molar-refractivity contribution in [3.8, 4) is 11.4 Å². The predicted octanol–water partition coefficient (Wildman–Crippen LogP) is 5.48. The van der Waals surface area contributed by atoms with Crippen LogP contribution in [0.15, 0.2) is 77.8 Å². The van der Waals surface area contributed by atoms with Crippen molar-refractivity contribution < 1.29 is 9.18 Å². The van der Waals surface area contributed by atoms with Crippen LogP contribution in [-0.2, 0) is 4.79 Å². The van der Waals surface area contributed by atoms with Crippen molar-refractivity contribution in [2.24, 2.45) is 0 Å². The van der Waals surface area contributed by atoms with Gasteiger partial charge >= 0.3 is 0 Å². The highest BCUT2D eigenvalue weighted by Crippen LogP contribution is 2.29. The molecule has 0 saturated carbocycles. The Kier molecular flexibility index (Phi) is 5.53. The third-order valence-corrected chi connectivity index (χ3v) is 5.29. The summed E-state index contributed by atoms with van der Waals surface area (Å²) in [4.78, 5) is 21.8. The van der Waals surface area contributed by atoms with Gasteiger partial charge in [0.25, 0.3) is 0 Å². The molecule has 6 heteroatoms. The highest BCUT2D eigenvalue weighted by Gasteiger charge is 2.12. The van der Waals surface area contributed by atoms with Crippen LogP contribution in [-0.4, -0.2) is 21.6 Å². The normalized spacial score (nSPS) is 10.8. The van der Waals surface area contributed by atoms with Crippen molar-refractivity contribution in [1.29, 1.82) is 0 Å². The molecule has 0 spiro atoms. The second kappa shape index (κ2) is 8.41. The van der Waals surface area contributed by atoms with Gasteiger partial charge in [-0.2, -0.15) is 0 Å². The van der Waals surface area contributed by atoms with Crippen molar-refractivity contribution in [3.05, 3.63) is 84.2 Å². The van der Waals surface area contributed by atoms with E-state index in [9.17, 15) is 9.18 Å². The van der Waals surface area contributed by atoms with Crippen LogP contribution in [0.2, 0.25) is 0 Å². The molecule has 144 valence electrons. The molecule has 1 heterocycles. The number of halogens is 1. The van der Waals surface area contributed by atoms with Gasteiger partial charge in [-0.3, -0.25) is 4.79 Å². The molecule has 1 aromatic heterocycles. The van der Waals surface area contributed by atoms with Crippen LogP contribution in [0.3, 0.4) is 0 Å². The second-order valence-electron chi connectivity index (χ2n) is 6.59. The highest BCUT2D eigenvalue weighted by molar-refractivity contribution is 8.00. The number of aryl methyl sites for hydroxylation is 1. The van der Waals surface area contributed by atoms with Crippen LogP contribution in [0.4, 0.5) is 10.1 Å². The van der Waals surface area contributed by atoms with E-state index in [1.807, 2.05) is 55.5 Å². The van der Waals surface area contributed by atoms with Crippen LogP contribution in [0, 0.1) is 12.7 Å². The van der Waals surface area contributed by atoms with Crippen molar-refractivity contribution >= 4 is 34.3 Å². The molecule has 4 rings (SSSR count). The van der Waals surface area contributed by atoms with E-state index < -0.39 is 0 Å². The first-order valence-electron chi connectivity index (χ1n) is 9.10. The monoisotopic (exact) mass is 403 g/mol. The molecule has 0 saturated heterocycles. The second-order valence-corrected chi connectivity index (χ2v) is 7.55. The molecule has 0 aliphatic rings. The predicted molar refractivity (Wildman–Crippen MR) is 115 cm³/mol. The fourth-order valence-corrected chi connectivity index (χ4v) is 3.75. The average molecular weight is 403 g/mol. The number of aromatic nitrogens is 2. The van der Waals surface area contributed by atoms with E-state index in [2.05, 4.69) is 10.3 Å². The summed E-state index contributed by atoms with van der Waals surface area (Å²) in [5.41, 5.74) is 3.28. The Morgan fingerprint density at radius 3 is 2.62 bits per heavy atom. The number of hydrogen-bond acceptors (Lipinski definition) is 4. The fraction of sp³-hybridized carbons (Fsp3) is 0.0870. The van der Waals surface area contributed by atoms with Crippen molar-refractivity contribution in [3.63, 3.8) is 0 Å². The van der Waals surface area contributed by atoms with Gasteiger partial charge < -0.3 is 5.32 Å². The van der Waals surface area contributed by atoms with E-state index in [4.69, 9.17) is 4.98 Å². The number of nitrogens with zero attached hydrogens (tertiary/aromatic N) is 2. The van der Waals surface area contributed by atoms with Gasteiger partial charge in [-0.1, -0.05) is 59.8 Å². The van der Waals surface area contributed by atoms with Crippen LogP contribution >= 0.6 is 11.8 Å². The first-order valence-corrected chi connectivity index (χ1v) is 10.1. The van der Waals surface area contributed by atoms with Gasteiger partial charge in [0.1, 0.15) is 10.8 Å². The average Bonchev–Trinajstić information content (AvgIpc) is 2.72. The molecule has 3 aromatic carbocycles. The number of nitrogens with one attached hydrogen (secondary N) is 1. The molecule has 0 aliphatic heterocycles. The first kappa shape index (κ1) is 19.1. The minimum absolute atomic E-state index is 0.158. The molecule has 0 radical (unpaired) electrons. The number of carbonyl (C=O) groups is 1. The van der Waals surface area contributed by atoms with Gasteiger partial charge in [-0.25, -0.2) is 14.4 Å². The molecule has 29 heavy (non-hydrogen) atoms. The lowest BCUT2D eigenvalue weighted by molar-refractivity contribution is -0.113. The van der Waals surface area contributed by atoms with E-state index in [0.717, 1.165) is 27.1 Å². The lowest BCUT2D eigenvalue weighted by Crippen LogP contribution is -2.14. The number of hydrogen-bond donors (Lipinski definition) is 1. The van der Waals surface area contributed by atoms with Gasteiger partial charge in [0.15, 0.2) is 5.82 Å². The summed E-state index contributed by atoms with van der Waals surface area (Å²) in [6, 6.07) is 21.6. The van der Waals surface area contributed by atoms with Crippen LogP contribution in [0.5, 0.6) is 0 Å². The SMILES string of the molecule is Cc1ccc2nc(-c3ccccc3)nc(SCC(=O)Nc3cccc(F)c3)c2c1. The summed E-state index contributed by atoms with van der Waals surface area (Å²) in [6.07, 6.45) is 0. The summed E-state index contributed by atoms with van der Waals surface area (Å²) >= 11 is 1.34. The summed E-state index contributed by atoms with van der Waals surface area (Å²) in [6.45, 7) is 2.01. The molecule has 0 aliphatic carbocycles. The quantitative estimate of drug-likeness (QED) is 0.354. The maximum atomic E-state index is 13.3.